The summed E-state index contributed by atoms with van der Waals surface area (Å²) in [5.74, 6) is 1.49. The highest BCUT2D eigenvalue weighted by molar-refractivity contribution is 5.23. The molecular weight excluding hydrogens is 200 g/mol. The lowest BCUT2D eigenvalue weighted by Crippen LogP contribution is -2.34. The van der Waals surface area contributed by atoms with Crippen LogP contribution >= 0.6 is 0 Å². The molecular formula is C13H18N2O. The molecule has 0 unspecified atom stereocenters. The van der Waals surface area contributed by atoms with Crippen molar-refractivity contribution >= 4 is 0 Å². The first kappa shape index (κ1) is 10.1. The van der Waals surface area contributed by atoms with E-state index in [4.69, 9.17) is 4.98 Å². The normalized spacial score (nSPS) is 23.7. The quantitative estimate of drug-likeness (QED) is 0.667. The van der Waals surface area contributed by atoms with Gasteiger partial charge in [0.15, 0.2) is 0 Å². The molecule has 1 aliphatic heterocycles. The lowest BCUT2D eigenvalue weighted by Gasteiger charge is -2.26. The molecule has 16 heavy (non-hydrogen) atoms. The first-order valence-corrected chi connectivity index (χ1v) is 6.40. The Kier molecular flexibility index (Phi) is 2.34. The molecule has 2 aliphatic rings. The first-order valence-electron chi connectivity index (χ1n) is 6.40. The van der Waals surface area contributed by atoms with Gasteiger partial charge < -0.3 is 0 Å². The van der Waals surface area contributed by atoms with Crippen LogP contribution in [0, 0.1) is 0 Å². The van der Waals surface area contributed by atoms with Gasteiger partial charge in [0.1, 0.15) is 5.82 Å². The van der Waals surface area contributed by atoms with Crippen molar-refractivity contribution < 1.29 is 0 Å². The third-order valence-corrected chi connectivity index (χ3v) is 3.93. The fourth-order valence-electron chi connectivity index (χ4n) is 2.99. The smallest absolute Gasteiger partial charge is 0.256 e. The molecule has 3 nitrogen and oxygen atoms in total. The van der Waals surface area contributed by atoms with E-state index in [9.17, 15) is 4.79 Å². The molecule has 0 radical (unpaired) electrons. The lowest BCUT2D eigenvalue weighted by atomic mass is 9.94. The lowest BCUT2D eigenvalue weighted by molar-refractivity contribution is 0.432. The van der Waals surface area contributed by atoms with E-state index in [1.54, 1.807) is 0 Å². The topological polar surface area (TPSA) is 34.9 Å². The van der Waals surface area contributed by atoms with Crippen LogP contribution in [-0.2, 0) is 19.4 Å². The molecule has 0 fully saturated rings. The molecule has 3 rings (SSSR count). The Balaban J connectivity index is 2.22. The number of hydrogen-bond donors (Lipinski definition) is 0. The van der Waals surface area contributed by atoms with E-state index in [1.807, 2.05) is 4.57 Å². The predicted octanol–water partition coefficient (Wildman–Crippen LogP) is 2.02. The summed E-state index contributed by atoms with van der Waals surface area (Å²) in [4.78, 5) is 17.1. The van der Waals surface area contributed by atoms with Gasteiger partial charge in [0, 0.05) is 18.0 Å². The van der Waals surface area contributed by atoms with Crippen molar-refractivity contribution in [3.05, 3.63) is 27.4 Å². The van der Waals surface area contributed by atoms with E-state index in [0.29, 0.717) is 5.92 Å². The third kappa shape index (κ3) is 1.41. The molecule has 0 bridgehead atoms. The maximum atomic E-state index is 12.3. The molecule has 1 aliphatic carbocycles. The Hall–Kier alpha value is -1.12. The summed E-state index contributed by atoms with van der Waals surface area (Å²) in [6.45, 7) is 3.06. The zero-order chi connectivity index (χ0) is 11.1. The Morgan fingerprint density at radius 3 is 2.94 bits per heavy atom. The maximum Gasteiger partial charge on any atom is 0.256 e. The Labute approximate surface area is 95.5 Å². The van der Waals surface area contributed by atoms with E-state index in [2.05, 4.69) is 6.92 Å². The minimum absolute atomic E-state index is 0.256. The summed E-state index contributed by atoms with van der Waals surface area (Å²) in [5, 5.41) is 0. The number of aromatic nitrogens is 2. The van der Waals surface area contributed by atoms with Gasteiger partial charge in [-0.1, -0.05) is 6.92 Å². The SMILES string of the molecule is C[C@H]1CCCn2c1nc1c(c2=O)CCCC1. The van der Waals surface area contributed by atoms with Crippen LogP contribution in [0.4, 0.5) is 0 Å². The highest BCUT2D eigenvalue weighted by Crippen LogP contribution is 2.26. The van der Waals surface area contributed by atoms with Gasteiger partial charge in [-0.15, -0.1) is 0 Å². The maximum absolute atomic E-state index is 12.3. The molecule has 1 aromatic rings. The van der Waals surface area contributed by atoms with Gasteiger partial charge in [0.2, 0.25) is 0 Å². The van der Waals surface area contributed by atoms with Gasteiger partial charge >= 0.3 is 0 Å². The summed E-state index contributed by atoms with van der Waals surface area (Å²) >= 11 is 0. The molecule has 0 aromatic carbocycles. The van der Waals surface area contributed by atoms with E-state index in [0.717, 1.165) is 49.3 Å². The molecule has 3 heteroatoms. The number of fused-ring (bicyclic) bond motifs is 2. The largest absolute Gasteiger partial charge is 0.296 e. The van der Waals surface area contributed by atoms with Gasteiger partial charge in [-0.2, -0.15) is 0 Å². The standard InChI is InChI=1S/C13H18N2O/c1-9-5-4-8-15-12(9)14-11-7-3-2-6-10(11)13(15)16/h9H,2-8H2,1H3/t9-/m0/s1. The Morgan fingerprint density at radius 2 is 2.06 bits per heavy atom. The van der Waals surface area contributed by atoms with Crippen LogP contribution in [0.3, 0.4) is 0 Å². The van der Waals surface area contributed by atoms with Crippen LogP contribution in [0.15, 0.2) is 4.79 Å². The molecule has 1 atom stereocenters. The van der Waals surface area contributed by atoms with Gasteiger partial charge in [0.05, 0.1) is 5.69 Å². The predicted molar refractivity (Wildman–Crippen MR) is 62.8 cm³/mol. The molecule has 0 saturated carbocycles. The molecule has 1 aromatic heterocycles. The Morgan fingerprint density at radius 1 is 1.25 bits per heavy atom. The highest BCUT2D eigenvalue weighted by atomic mass is 16.1. The number of aryl methyl sites for hydroxylation is 1. The third-order valence-electron chi connectivity index (χ3n) is 3.93. The second kappa shape index (κ2) is 3.72. The average Bonchev–Trinajstić information content (AvgIpc) is 2.31. The van der Waals surface area contributed by atoms with Crippen LogP contribution in [0.2, 0.25) is 0 Å². The molecule has 0 amide bonds. The summed E-state index contributed by atoms with van der Waals surface area (Å²) in [6.07, 6.45) is 6.58. The van der Waals surface area contributed by atoms with Crippen LogP contribution in [-0.4, -0.2) is 9.55 Å². The van der Waals surface area contributed by atoms with E-state index in [-0.39, 0.29) is 5.56 Å². The number of rotatable bonds is 0. The second-order valence-corrected chi connectivity index (χ2v) is 5.10. The fourth-order valence-corrected chi connectivity index (χ4v) is 2.99. The summed E-state index contributed by atoms with van der Waals surface area (Å²) in [6, 6.07) is 0. The van der Waals surface area contributed by atoms with Gasteiger partial charge in [-0.05, 0) is 38.5 Å². The minimum atomic E-state index is 0.256. The van der Waals surface area contributed by atoms with Crippen molar-refractivity contribution in [1.82, 2.24) is 9.55 Å². The zero-order valence-electron chi connectivity index (χ0n) is 9.83. The van der Waals surface area contributed by atoms with Crippen LogP contribution in [0.1, 0.15) is 55.6 Å². The molecule has 0 N–H and O–H groups in total. The van der Waals surface area contributed by atoms with Crippen molar-refractivity contribution in [1.29, 1.82) is 0 Å². The number of hydrogen-bond acceptors (Lipinski definition) is 2. The van der Waals surface area contributed by atoms with Gasteiger partial charge in [-0.25, -0.2) is 4.98 Å². The number of nitrogens with zero attached hydrogens (tertiary/aromatic N) is 2. The van der Waals surface area contributed by atoms with Crippen molar-refractivity contribution in [2.45, 2.75) is 57.9 Å². The first-order chi connectivity index (χ1) is 7.77. The van der Waals surface area contributed by atoms with Crippen LogP contribution in [0.25, 0.3) is 0 Å². The zero-order valence-corrected chi connectivity index (χ0v) is 9.83. The minimum Gasteiger partial charge on any atom is -0.296 e. The molecule has 0 spiro atoms. The van der Waals surface area contributed by atoms with Crippen LogP contribution in [0.5, 0.6) is 0 Å². The Bertz CT molecular complexity index is 476. The summed E-state index contributed by atoms with van der Waals surface area (Å²) < 4.78 is 1.93. The summed E-state index contributed by atoms with van der Waals surface area (Å²) in [7, 11) is 0. The monoisotopic (exact) mass is 218 g/mol. The van der Waals surface area contributed by atoms with Crippen molar-refractivity contribution in [2.24, 2.45) is 0 Å². The van der Waals surface area contributed by atoms with Crippen molar-refractivity contribution in [3.63, 3.8) is 0 Å². The highest BCUT2D eigenvalue weighted by Gasteiger charge is 2.24. The molecule has 0 saturated heterocycles. The van der Waals surface area contributed by atoms with Crippen LogP contribution < -0.4 is 5.56 Å². The second-order valence-electron chi connectivity index (χ2n) is 5.10. The van der Waals surface area contributed by atoms with E-state index < -0.39 is 0 Å². The molecule has 86 valence electrons. The average molecular weight is 218 g/mol. The molecule has 2 heterocycles. The summed E-state index contributed by atoms with van der Waals surface area (Å²) in [5.41, 5.74) is 2.35. The fraction of sp³-hybridized carbons (Fsp3) is 0.692. The van der Waals surface area contributed by atoms with Crippen molar-refractivity contribution in [3.8, 4) is 0 Å². The van der Waals surface area contributed by atoms with Crippen molar-refractivity contribution in [2.75, 3.05) is 0 Å². The van der Waals surface area contributed by atoms with Gasteiger partial charge in [-0.3, -0.25) is 9.36 Å². The van der Waals surface area contributed by atoms with E-state index >= 15 is 0 Å². The van der Waals surface area contributed by atoms with E-state index in [1.165, 1.54) is 12.8 Å². The van der Waals surface area contributed by atoms with Gasteiger partial charge in [0.25, 0.3) is 5.56 Å².